The fourth-order valence-electron chi connectivity index (χ4n) is 2.61. The second-order valence-electron chi connectivity index (χ2n) is 4.84. The molecule has 0 heterocycles. The number of nitrogens with two attached hydrogens (primary N) is 1. The predicted octanol–water partition coefficient (Wildman–Crippen LogP) is 3.51. The second kappa shape index (κ2) is 5.29. The van der Waals surface area contributed by atoms with Crippen LogP contribution >= 0.6 is 0 Å². The molecule has 3 aromatic rings. The molecule has 108 valence electrons. The average molecular weight is 292 g/mol. The van der Waals surface area contributed by atoms with Gasteiger partial charge in [-0.15, -0.1) is 0 Å². The zero-order valence-electron chi connectivity index (χ0n) is 11.5. The van der Waals surface area contributed by atoms with E-state index in [1.54, 1.807) is 48.5 Å². The lowest BCUT2D eigenvalue weighted by Gasteiger charge is -2.10. The van der Waals surface area contributed by atoms with E-state index in [9.17, 15) is 14.9 Å². The average Bonchev–Trinajstić information content (AvgIpc) is 2.53. The zero-order chi connectivity index (χ0) is 15.7. The summed E-state index contributed by atoms with van der Waals surface area (Å²) in [6, 6.07) is 17.1. The summed E-state index contributed by atoms with van der Waals surface area (Å²) in [4.78, 5) is 22.4. The fourth-order valence-corrected chi connectivity index (χ4v) is 2.61. The second-order valence-corrected chi connectivity index (χ2v) is 4.84. The van der Waals surface area contributed by atoms with Crippen molar-refractivity contribution in [2.75, 3.05) is 0 Å². The smallest absolute Gasteiger partial charge is 0.277 e. The molecule has 5 heteroatoms. The summed E-state index contributed by atoms with van der Waals surface area (Å²) in [5.41, 5.74) is 7.27. The summed E-state index contributed by atoms with van der Waals surface area (Å²) in [6.45, 7) is 0. The van der Waals surface area contributed by atoms with Crippen LogP contribution in [0.25, 0.3) is 21.9 Å². The fraction of sp³-hybridized carbons (Fsp3) is 0. The van der Waals surface area contributed by atoms with Crippen LogP contribution in [0.2, 0.25) is 0 Å². The first-order valence-corrected chi connectivity index (χ1v) is 6.65. The Morgan fingerprint density at radius 1 is 0.864 bits per heavy atom. The van der Waals surface area contributed by atoms with Gasteiger partial charge in [-0.3, -0.25) is 14.9 Å². The summed E-state index contributed by atoms with van der Waals surface area (Å²) in [5.74, 6) is -0.530. The van der Waals surface area contributed by atoms with Crippen molar-refractivity contribution in [2.24, 2.45) is 5.73 Å². The molecule has 0 atom stereocenters. The van der Waals surface area contributed by atoms with E-state index in [-0.39, 0.29) is 5.69 Å². The number of carbonyl (C=O) groups excluding carboxylic acids is 1. The van der Waals surface area contributed by atoms with Crippen LogP contribution in [-0.2, 0) is 0 Å². The lowest BCUT2D eigenvalue weighted by molar-refractivity contribution is -0.383. The molecule has 0 aliphatic rings. The zero-order valence-corrected chi connectivity index (χ0v) is 11.5. The molecular weight excluding hydrogens is 280 g/mol. The summed E-state index contributed by atoms with van der Waals surface area (Å²) < 4.78 is 0. The van der Waals surface area contributed by atoms with E-state index in [0.717, 1.165) is 5.56 Å². The minimum absolute atomic E-state index is 0.0379. The number of amides is 1. The summed E-state index contributed by atoms with van der Waals surface area (Å²) in [7, 11) is 0. The number of nitro groups is 1. The standard InChI is InChI=1S/C17H12N2O3/c18-17(20)15-8-4-2-6-12(15)13-9-10-16(19(21)22)14-7-3-1-5-11(13)14/h1-10H,(H2,18,20). The van der Waals surface area contributed by atoms with Gasteiger partial charge >= 0.3 is 0 Å². The van der Waals surface area contributed by atoms with Gasteiger partial charge in [0.2, 0.25) is 5.91 Å². The highest BCUT2D eigenvalue weighted by Gasteiger charge is 2.17. The van der Waals surface area contributed by atoms with E-state index in [4.69, 9.17) is 5.73 Å². The summed E-state index contributed by atoms with van der Waals surface area (Å²) in [5, 5.41) is 12.4. The summed E-state index contributed by atoms with van der Waals surface area (Å²) in [6.07, 6.45) is 0. The minimum atomic E-state index is -0.530. The van der Waals surface area contributed by atoms with Crippen LogP contribution in [0.3, 0.4) is 0 Å². The van der Waals surface area contributed by atoms with Gasteiger partial charge in [-0.1, -0.05) is 36.4 Å². The molecule has 1 amide bonds. The Kier molecular flexibility index (Phi) is 3.31. The Morgan fingerprint density at radius 3 is 2.18 bits per heavy atom. The lowest BCUT2D eigenvalue weighted by Crippen LogP contribution is -2.12. The van der Waals surface area contributed by atoms with Crippen molar-refractivity contribution >= 4 is 22.4 Å². The van der Waals surface area contributed by atoms with Gasteiger partial charge < -0.3 is 5.73 Å². The Hall–Kier alpha value is -3.21. The van der Waals surface area contributed by atoms with Crippen molar-refractivity contribution in [3.63, 3.8) is 0 Å². The molecule has 5 nitrogen and oxygen atoms in total. The quantitative estimate of drug-likeness (QED) is 0.592. The highest BCUT2D eigenvalue weighted by molar-refractivity contribution is 6.07. The van der Waals surface area contributed by atoms with Crippen molar-refractivity contribution in [3.05, 3.63) is 76.3 Å². The molecule has 0 aliphatic carbocycles. The van der Waals surface area contributed by atoms with E-state index in [2.05, 4.69) is 0 Å². The van der Waals surface area contributed by atoms with Crippen LogP contribution in [0.15, 0.2) is 60.7 Å². The molecule has 22 heavy (non-hydrogen) atoms. The number of benzene rings is 3. The van der Waals surface area contributed by atoms with E-state index in [0.29, 0.717) is 21.9 Å². The largest absolute Gasteiger partial charge is 0.366 e. The Balaban J connectivity index is 2.37. The maximum atomic E-state index is 11.6. The number of hydrogen-bond acceptors (Lipinski definition) is 3. The van der Waals surface area contributed by atoms with E-state index < -0.39 is 10.8 Å². The molecule has 0 aliphatic heterocycles. The van der Waals surface area contributed by atoms with E-state index >= 15 is 0 Å². The van der Waals surface area contributed by atoms with Crippen LogP contribution in [0.5, 0.6) is 0 Å². The number of hydrogen-bond donors (Lipinski definition) is 1. The SMILES string of the molecule is NC(=O)c1ccccc1-c1ccc([N+](=O)[O-])c2ccccc12. The molecule has 0 fully saturated rings. The molecule has 2 N–H and O–H groups in total. The molecular formula is C17H12N2O3. The summed E-state index contributed by atoms with van der Waals surface area (Å²) >= 11 is 0. The molecule has 0 unspecified atom stereocenters. The maximum absolute atomic E-state index is 11.6. The Bertz CT molecular complexity index is 903. The Labute approximate surface area is 126 Å². The van der Waals surface area contributed by atoms with Crippen LogP contribution in [0.1, 0.15) is 10.4 Å². The lowest BCUT2D eigenvalue weighted by atomic mass is 9.93. The van der Waals surface area contributed by atoms with Gasteiger partial charge in [0.1, 0.15) is 0 Å². The van der Waals surface area contributed by atoms with Crippen LogP contribution in [0, 0.1) is 10.1 Å². The third kappa shape index (κ3) is 2.18. The molecule has 0 bridgehead atoms. The predicted molar refractivity (Wildman–Crippen MR) is 84.6 cm³/mol. The molecule has 0 saturated heterocycles. The molecule has 3 rings (SSSR count). The first kappa shape index (κ1) is 13.8. The number of carbonyl (C=O) groups is 1. The number of nitrogens with zero attached hydrogens (tertiary/aromatic N) is 1. The van der Waals surface area contributed by atoms with E-state index in [1.807, 2.05) is 6.07 Å². The van der Waals surface area contributed by atoms with Gasteiger partial charge in [-0.05, 0) is 34.7 Å². The van der Waals surface area contributed by atoms with Gasteiger partial charge in [0.05, 0.1) is 10.3 Å². The number of primary amides is 1. The van der Waals surface area contributed by atoms with Crippen molar-refractivity contribution in [1.82, 2.24) is 0 Å². The van der Waals surface area contributed by atoms with Crippen LogP contribution < -0.4 is 5.73 Å². The van der Waals surface area contributed by atoms with Gasteiger partial charge in [-0.25, -0.2) is 0 Å². The molecule has 0 spiro atoms. The topological polar surface area (TPSA) is 86.2 Å². The van der Waals surface area contributed by atoms with Crippen molar-refractivity contribution < 1.29 is 9.72 Å². The van der Waals surface area contributed by atoms with Crippen molar-refractivity contribution in [1.29, 1.82) is 0 Å². The van der Waals surface area contributed by atoms with Crippen molar-refractivity contribution in [3.8, 4) is 11.1 Å². The van der Waals surface area contributed by atoms with Crippen molar-refractivity contribution in [2.45, 2.75) is 0 Å². The molecule has 3 aromatic carbocycles. The third-order valence-electron chi connectivity index (χ3n) is 3.58. The van der Waals surface area contributed by atoms with Gasteiger partial charge in [0, 0.05) is 11.6 Å². The number of rotatable bonds is 3. The molecule has 0 radical (unpaired) electrons. The van der Waals surface area contributed by atoms with Gasteiger partial charge in [-0.2, -0.15) is 0 Å². The van der Waals surface area contributed by atoms with Crippen LogP contribution in [-0.4, -0.2) is 10.8 Å². The highest BCUT2D eigenvalue weighted by Crippen LogP contribution is 2.35. The minimum Gasteiger partial charge on any atom is -0.366 e. The molecule has 0 saturated carbocycles. The van der Waals surface area contributed by atoms with Gasteiger partial charge in [0.15, 0.2) is 0 Å². The Morgan fingerprint density at radius 2 is 1.50 bits per heavy atom. The molecule has 0 aromatic heterocycles. The number of non-ortho nitro benzene ring substituents is 1. The third-order valence-corrected chi connectivity index (χ3v) is 3.58. The number of nitro benzene ring substituents is 1. The van der Waals surface area contributed by atoms with Gasteiger partial charge in [0.25, 0.3) is 5.69 Å². The first-order valence-electron chi connectivity index (χ1n) is 6.65. The highest BCUT2D eigenvalue weighted by atomic mass is 16.6. The maximum Gasteiger partial charge on any atom is 0.277 e. The van der Waals surface area contributed by atoms with Crippen LogP contribution in [0.4, 0.5) is 5.69 Å². The normalized spacial score (nSPS) is 10.5. The van der Waals surface area contributed by atoms with E-state index in [1.165, 1.54) is 6.07 Å². The first-order chi connectivity index (χ1) is 10.6. The monoisotopic (exact) mass is 292 g/mol. The number of fused-ring (bicyclic) bond motifs is 1.